The molecule has 0 radical (unpaired) electrons. The number of hydrogen-bond donors (Lipinski definition) is 1. The highest BCUT2D eigenvalue weighted by molar-refractivity contribution is 5.52. The van der Waals surface area contributed by atoms with Crippen molar-refractivity contribution in [2.45, 2.75) is 0 Å². The molecule has 1 N–H and O–H groups in total. The normalized spacial score (nSPS) is 14.8. The second-order valence-electron chi connectivity index (χ2n) is 4.99. The van der Waals surface area contributed by atoms with Crippen LogP contribution in [0.25, 0.3) is 0 Å². The molecule has 1 aliphatic rings. The van der Waals surface area contributed by atoms with E-state index in [1.54, 1.807) is 18.2 Å². The minimum atomic E-state index is 0.290. The number of phenols is 1. The molecule has 0 aliphatic carbocycles. The molecule has 0 unspecified atom stereocenters. The third-order valence-electron chi connectivity index (χ3n) is 3.65. The molecule has 2 aromatic rings. The average Bonchev–Trinajstić information content (AvgIpc) is 2.55. The van der Waals surface area contributed by atoms with Crippen molar-refractivity contribution in [2.75, 3.05) is 36.0 Å². The number of rotatable bonds is 2. The highest BCUT2D eigenvalue weighted by Crippen LogP contribution is 2.22. The maximum atomic E-state index is 9.55. The van der Waals surface area contributed by atoms with Crippen LogP contribution in [0, 0.1) is 11.3 Å². The Hall–Kier alpha value is -2.74. The van der Waals surface area contributed by atoms with Crippen molar-refractivity contribution in [1.29, 1.82) is 5.26 Å². The van der Waals surface area contributed by atoms with Gasteiger partial charge in [-0.05, 0) is 24.3 Å². The number of nitriles is 1. The number of benzene rings is 1. The minimum Gasteiger partial charge on any atom is -0.508 e. The van der Waals surface area contributed by atoms with Crippen molar-refractivity contribution >= 4 is 11.5 Å². The van der Waals surface area contributed by atoms with Crippen LogP contribution in [0.2, 0.25) is 0 Å². The molecule has 106 valence electrons. The molecule has 1 fully saturated rings. The number of nitrogens with zero attached hydrogens (tertiary/aromatic N) is 4. The van der Waals surface area contributed by atoms with Gasteiger partial charge in [-0.15, -0.1) is 0 Å². The third-order valence-corrected chi connectivity index (χ3v) is 3.65. The van der Waals surface area contributed by atoms with Gasteiger partial charge in [0.2, 0.25) is 0 Å². The zero-order valence-corrected chi connectivity index (χ0v) is 11.6. The average molecular weight is 280 g/mol. The maximum Gasteiger partial charge on any atom is 0.142 e. The summed E-state index contributed by atoms with van der Waals surface area (Å²) < 4.78 is 0. The Bertz CT molecular complexity index is 672. The predicted octanol–water partition coefficient (Wildman–Crippen LogP) is 1.99. The van der Waals surface area contributed by atoms with Crippen LogP contribution in [0.4, 0.5) is 11.5 Å². The lowest BCUT2D eigenvalue weighted by atomic mass is 10.2. The molecule has 0 spiro atoms. The molecule has 1 aromatic heterocycles. The minimum absolute atomic E-state index is 0.290. The Balaban J connectivity index is 1.69. The van der Waals surface area contributed by atoms with Crippen LogP contribution in [0.3, 0.4) is 0 Å². The zero-order valence-electron chi connectivity index (χ0n) is 11.6. The van der Waals surface area contributed by atoms with Gasteiger partial charge in [0.15, 0.2) is 0 Å². The Kier molecular flexibility index (Phi) is 3.61. The highest BCUT2D eigenvalue weighted by atomic mass is 16.3. The van der Waals surface area contributed by atoms with Crippen LogP contribution in [0.5, 0.6) is 5.75 Å². The summed E-state index contributed by atoms with van der Waals surface area (Å²) in [6, 6.07) is 14.9. The Labute approximate surface area is 123 Å². The van der Waals surface area contributed by atoms with Crippen molar-refractivity contribution in [3.8, 4) is 11.8 Å². The van der Waals surface area contributed by atoms with E-state index >= 15 is 0 Å². The van der Waals surface area contributed by atoms with E-state index in [2.05, 4.69) is 20.9 Å². The molecule has 1 saturated heterocycles. The zero-order chi connectivity index (χ0) is 14.7. The Morgan fingerprint density at radius 2 is 1.71 bits per heavy atom. The van der Waals surface area contributed by atoms with Crippen molar-refractivity contribution in [3.63, 3.8) is 0 Å². The topological polar surface area (TPSA) is 63.4 Å². The van der Waals surface area contributed by atoms with E-state index in [9.17, 15) is 5.11 Å². The number of aromatic hydroxyl groups is 1. The molecule has 5 heteroatoms. The first kappa shape index (κ1) is 13.3. The largest absolute Gasteiger partial charge is 0.508 e. The number of aromatic nitrogens is 1. The number of anilines is 2. The van der Waals surface area contributed by atoms with E-state index in [1.807, 2.05) is 24.3 Å². The third kappa shape index (κ3) is 2.90. The Morgan fingerprint density at radius 3 is 2.43 bits per heavy atom. The van der Waals surface area contributed by atoms with Gasteiger partial charge in [0.05, 0.1) is 0 Å². The number of piperazine rings is 1. The molecular formula is C16H16N4O. The van der Waals surface area contributed by atoms with Crippen LogP contribution in [0.1, 0.15) is 5.69 Å². The van der Waals surface area contributed by atoms with Crippen molar-refractivity contribution < 1.29 is 5.11 Å². The van der Waals surface area contributed by atoms with Gasteiger partial charge in [-0.25, -0.2) is 4.98 Å². The predicted molar refractivity (Wildman–Crippen MR) is 81.5 cm³/mol. The summed E-state index contributed by atoms with van der Waals surface area (Å²) in [6.07, 6.45) is 0. The molecular weight excluding hydrogens is 264 g/mol. The number of pyridine rings is 1. The summed E-state index contributed by atoms with van der Waals surface area (Å²) >= 11 is 0. The monoisotopic (exact) mass is 280 g/mol. The van der Waals surface area contributed by atoms with E-state index in [4.69, 9.17) is 5.26 Å². The fraction of sp³-hybridized carbons (Fsp3) is 0.250. The van der Waals surface area contributed by atoms with Gasteiger partial charge in [0, 0.05) is 37.9 Å². The van der Waals surface area contributed by atoms with Crippen LogP contribution >= 0.6 is 0 Å². The second kappa shape index (κ2) is 5.71. The maximum absolute atomic E-state index is 9.55. The molecule has 0 saturated carbocycles. The lowest BCUT2D eigenvalue weighted by Gasteiger charge is -2.36. The highest BCUT2D eigenvalue weighted by Gasteiger charge is 2.18. The van der Waals surface area contributed by atoms with Gasteiger partial charge in [-0.1, -0.05) is 12.1 Å². The second-order valence-corrected chi connectivity index (χ2v) is 4.99. The van der Waals surface area contributed by atoms with Crippen molar-refractivity contribution in [3.05, 3.63) is 48.2 Å². The van der Waals surface area contributed by atoms with Crippen LogP contribution < -0.4 is 9.80 Å². The van der Waals surface area contributed by atoms with Crippen LogP contribution in [-0.2, 0) is 0 Å². The molecule has 0 bridgehead atoms. The van der Waals surface area contributed by atoms with E-state index in [-0.39, 0.29) is 0 Å². The molecule has 0 amide bonds. The standard InChI is InChI=1S/C16H16N4O/c17-12-13-3-1-6-16(18-13)20-9-7-19(8-10-20)14-4-2-5-15(21)11-14/h1-6,11,21H,7-10H2. The van der Waals surface area contributed by atoms with Crippen molar-refractivity contribution in [2.24, 2.45) is 0 Å². The first-order chi connectivity index (χ1) is 10.3. The molecule has 21 heavy (non-hydrogen) atoms. The van der Waals surface area contributed by atoms with E-state index in [1.165, 1.54) is 0 Å². The number of phenolic OH excluding ortho intramolecular Hbond substituents is 1. The number of hydrogen-bond acceptors (Lipinski definition) is 5. The lowest BCUT2D eigenvalue weighted by Crippen LogP contribution is -2.46. The van der Waals surface area contributed by atoms with Crippen molar-refractivity contribution in [1.82, 2.24) is 4.98 Å². The van der Waals surface area contributed by atoms with Crippen LogP contribution in [-0.4, -0.2) is 36.3 Å². The molecule has 3 rings (SSSR count). The fourth-order valence-electron chi connectivity index (χ4n) is 2.55. The fourth-order valence-corrected chi connectivity index (χ4v) is 2.55. The Morgan fingerprint density at radius 1 is 1.00 bits per heavy atom. The smallest absolute Gasteiger partial charge is 0.142 e. The van der Waals surface area contributed by atoms with Gasteiger partial charge in [0.25, 0.3) is 0 Å². The van der Waals surface area contributed by atoms with Gasteiger partial charge < -0.3 is 14.9 Å². The van der Waals surface area contributed by atoms with Gasteiger partial charge in [0.1, 0.15) is 23.3 Å². The first-order valence-electron chi connectivity index (χ1n) is 6.92. The summed E-state index contributed by atoms with van der Waals surface area (Å²) in [4.78, 5) is 8.75. The van der Waals surface area contributed by atoms with E-state index in [0.717, 1.165) is 37.7 Å². The van der Waals surface area contributed by atoms with Crippen LogP contribution in [0.15, 0.2) is 42.5 Å². The molecule has 2 heterocycles. The molecule has 0 atom stereocenters. The van der Waals surface area contributed by atoms with Gasteiger partial charge in [-0.3, -0.25) is 0 Å². The summed E-state index contributed by atoms with van der Waals surface area (Å²) in [7, 11) is 0. The lowest BCUT2D eigenvalue weighted by molar-refractivity contribution is 0.475. The molecule has 1 aromatic carbocycles. The first-order valence-corrected chi connectivity index (χ1v) is 6.92. The summed E-state index contributed by atoms with van der Waals surface area (Å²) in [6.45, 7) is 3.42. The summed E-state index contributed by atoms with van der Waals surface area (Å²) in [5.74, 6) is 1.14. The quantitative estimate of drug-likeness (QED) is 0.911. The summed E-state index contributed by atoms with van der Waals surface area (Å²) in [5, 5.41) is 18.5. The SMILES string of the molecule is N#Cc1cccc(N2CCN(c3cccc(O)c3)CC2)n1. The van der Waals surface area contributed by atoms with Gasteiger partial charge >= 0.3 is 0 Å². The molecule has 1 aliphatic heterocycles. The van der Waals surface area contributed by atoms with Gasteiger partial charge in [-0.2, -0.15) is 5.26 Å². The van der Waals surface area contributed by atoms with E-state index in [0.29, 0.717) is 11.4 Å². The molecule has 5 nitrogen and oxygen atoms in total. The summed E-state index contributed by atoms with van der Waals surface area (Å²) in [5.41, 5.74) is 1.48. The van der Waals surface area contributed by atoms with E-state index < -0.39 is 0 Å².